The molecule has 0 N–H and O–H groups in total. The molecule has 0 atom stereocenters. The minimum Gasteiger partial charge on any atom is -0.299 e. The Bertz CT molecular complexity index is 333. The zero-order valence-electron chi connectivity index (χ0n) is 12.7. The Morgan fingerprint density at radius 1 is 1.44 bits per heavy atom. The summed E-state index contributed by atoms with van der Waals surface area (Å²) in [5, 5.41) is 0. The van der Waals surface area contributed by atoms with Crippen LogP contribution in [0.3, 0.4) is 0 Å². The van der Waals surface area contributed by atoms with Gasteiger partial charge in [-0.25, -0.2) is 0 Å². The van der Waals surface area contributed by atoms with E-state index in [0.29, 0.717) is 6.29 Å². The second-order valence-corrected chi connectivity index (χ2v) is 1.54. The van der Waals surface area contributed by atoms with Crippen LogP contribution in [0.4, 0.5) is 0 Å². The lowest BCUT2D eigenvalue weighted by Gasteiger charge is -1.96. The molecule has 1 heteroatoms. The molecule has 1 fully saturated rings. The number of hydrogen-bond acceptors (Lipinski definition) is 1. The van der Waals surface area contributed by atoms with Crippen molar-refractivity contribution in [3.05, 3.63) is 12.2 Å². The van der Waals surface area contributed by atoms with Crippen molar-refractivity contribution in [1.82, 2.24) is 0 Å². The summed E-state index contributed by atoms with van der Waals surface area (Å²) in [4.78, 5) is 10.2. The first-order valence-corrected chi connectivity index (χ1v) is 2.56. The molecule has 0 aliphatic heterocycles. The molecule has 0 amide bonds. The van der Waals surface area contributed by atoms with Gasteiger partial charge in [0, 0.05) is 11.0 Å². The van der Waals surface area contributed by atoms with Crippen LogP contribution in [0.15, 0.2) is 12.2 Å². The Labute approximate surface area is 67.0 Å². The van der Waals surface area contributed by atoms with E-state index in [-0.39, 0.29) is 0 Å². The van der Waals surface area contributed by atoms with Gasteiger partial charge in [0.1, 0.15) is 6.29 Å². The highest BCUT2D eigenvalue weighted by molar-refractivity contribution is 5.64. The van der Waals surface area contributed by atoms with Gasteiger partial charge in [0.05, 0.1) is 0 Å². The van der Waals surface area contributed by atoms with Crippen LogP contribution < -0.4 is 0 Å². The normalized spacial score (nSPS) is 56.9. The van der Waals surface area contributed by atoms with Gasteiger partial charge in [0.2, 0.25) is 0 Å². The van der Waals surface area contributed by atoms with E-state index in [2.05, 4.69) is 0 Å². The summed E-state index contributed by atoms with van der Waals surface area (Å²) in [6.07, 6.45) is -9.38. The van der Waals surface area contributed by atoms with Gasteiger partial charge >= 0.3 is 0 Å². The van der Waals surface area contributed by atoms with Gasteiger partial charge in [-0.15, -0.1) is 0 Å². The van der Waals surface area contributed by atoms with E-state index in [1.165, 1.54) is 0 Å². The van der Waals surface area contributed by atoms with Crippen molar-refractivity contribution in [2.75, 3.05) is 0 Å². The first-order chi connectivity index (χ1) is 7.44. The molecule has 0 aromatic heterocycles. The third-order valence-electron chi connectivity index (χ3n) is 0.900. The molecule has 1 aliphatic rings. The van der Waals surface area contributed by atoms with Crippen LogP contribution >= 0.6 is 0 Å². The zero-order valence-corrected chi connectivity index (χ0v) is 4.72. The topological polar surface area (TPSA) is 17.1 Å². The number of allylic oxidation sites excluding steroid dienone is 2. The van der Waals surface area contributed by atoms with Gasteiger partial charge < -0.3 is 0 Å². The number of rotatable bonds is 2. The van der Waals surface area contributed by atoms with Crippen molar-refractivity contribution in [2.45, 2.75) is 25.5 Å². The Kier molecular flexibility index (Phi) is 0.655. The molecule has 1 aliphatic carbocycles. The Morgan fingerprint density at radius 3 is 2.67 bits per heavy atom. The van der Waals surface area contributed by atoms with Crippen molar-refractivity contribution < 1.29 is 15.8 Å². The minimum atomic E-state index is -2.98. The molecule has 0 heterocycles. The average Bonchev–Trinajstić information content (AvgIpc) is 2.21. The molecule has 0 saturated heterocycles. The Morgan fingerprint density at radius 2 is 2.11 bits per heavy atom. The zero-order chi connectivity index (χ0) is 13.7. The molecule has 9 heavy (non-hydrogen) atoms. The fourth-order valence-electron chi connectivity index (χ4n) is 0.516. The maximum atomic E-state index is 10.2. The van der Waals surface area contributed by atoms with Crippen LogP contribution in [-0.2, 0) is 4.79 Å². The lowest BCUT2D eigenvalue weighted by atomic mass is 10.1. The van der Waals surface area contributed by atoms with Crippen LogP contribution in [0.5, 0.6) is 0 Å². The quantitative estimate of drug-likeness (QED) is 0.414. The Hall–Kier alpha value is -0.590. The maximum absolute atomic E-state index is 10.2. The molecular formula is C8H12O. The highest BCUT2D eigenvalue weighted by Gasteiger charge is 2.10. The van der Waals surface area contributed by atoms with E-state index in [1.807, 2.05) is 0 Å². The van der Waals surface area contributed by atoms with Crippen molar-refractivity contribution in [2.24, 2.45) is 5.92 Å². The summed E-state index contributed by atoms with van der Waals surface area (Å²) < 4.78 is 60.2. The summed E-state index contributed by atoms with van der Waals surface area (Å²) >= 11 is 0. The van der Waals surface area contributed by atoms with Crippen molar-refractivity contribution in [3.8, 4) is 0 Å². The molecule has 0 radical (unpaired) electrons. The highest BCUT2D eigenvalue weighted by atomic mass is 16.1. The largest absolute Gasteiger partial charge is 0.299 e. The predicted octanol–water partition coefficient (Wildman–Crippen LogP) is 1.93. The van der Waals surface area contributed by atoms with Gasteiger partial charge in [0.15, 0.2) is 0 Å². The maximum Gasteiger partial charge on any atom is 0.142 e. The van der Waals surface area contributed by atoms with Crippen molar-refractivity contribution in [1.29, 1.82) is 0 Å². The molecule has 0 bridgehead atoms. The molecule has 50 valence electrons. The van der Waals surface area contributed by atoms with Crippen molar-refractivity contribution >= 4 is 6.29 Å². The van der Waals surface area contributed by atoms with E-state index in [1.54, 1.807) is 0 Å². The highest BCUT2D eigenvalue weighted by Crippen LogP contribution is 2.25. The monoisotopic (exact) mass is 132 g/mol. The molecule has 0 aromatic carbocycles. The standard InChI is InChI=1S/C8H12O/c9-7-3-6-8-4-1-2-5-8/h3,6-8H,1-2,4-5H2/b6-3+/i1D2,2D2,4D2,5D2. The first kappa shape index (κ1) is 1.71. The van der Waals surface area contributed by atoms with E-state index in [0.717, 1.165) is 12.2 Å². The van der Waals surface area contributed by atoms with Crippen molar-refractivity contribution in [3.63, 3.8) is 0 Å². The average molecular weight is 132 g/mol. The summed E-state index contributed by atoms with van der Waals surface area (Å²) in [6, 6.07) is 0. The molecule has 1 rings (SSSR count). The number of carbonyl (C=O) groups excluding carboxylic acids is 1. The summed E-state index contributed by atoms with van der Waals surface area (Å²) in [5.74, 6) is -1.66. The van der Waals surface area contributed by atoms with Crippen LogP contribution in [0, 0.1) is 5.92 Å². The second kappa shape index (κ2) is 3.44. The van der Waals surface area contributed by atoms with Gasteiger partial charge in [-0.3, -0.25) is 4.79 Å². The summed E-state index contributed by atoms with van der Waals surface area (Å²) in [7, 11) is 0. The predicted molar refractivity (Wildman–Crippen MR) is 37.2 cm³/mol. The summed E-state index contributed by atoms with van der Waals surface area (Å²) in [6.45, 7) is 0. The fraction of sp³-hybridized carbons (Fsp3) is 0.625. The lowest BCUT2D eigenvalue weighted by Crippen LogP contribution is -1.84. The van der Waals surface area contributed by atoms with E-state index in [4.69, 9.17) is 11.0 Å². The number of aldehydes is 1. The van der Waals surface area contributed by atoms with Crippen LogP contribution in [-0.4, -0.2) is 6.29 Å². The Balaban J connectivity index is 3.41. The third kappa shape index (κ3) is 2.00. The first-order valence-electron chi connectivity index (χ1n) is 6.56. The molecule has 1 nitrogen and oxygen atoms in total. The van der Waals surface area contributed by atoms with Crippen LogP contribution in [0.2, 0.25) is 0 Å². The number of hydrogen-bond donors (Lipinski definition) is 0. The van der Waals surface area contributed by atoms with Gasteiger partial charge in [-0.2, -0.15) is 0 Å². The SMILES string of the molecule is [2H]C1([2H])C(/C=C/C=O)C([2H])([2H])C([2H])([2H])C1([2H])[2H]. The minimum absolute atomic E-state index is 0.315. The van der Waals surface area contributed by atoms with Gasteiger partial charge in [-0.1, -0.05) is 18.8 Å². The molecule has 0 unspecified atom stereocenters. The second-order valence-electron chi connectivity index (χ2n) is 1.54. The van der Waals surface area contributed by atoms with Gasteiger partial charge in [-0.05, 0) is 24.7 Å². The van der Waals surface area contributed by atoms with E-state index < -0.39 is 31.4 Å². The van der Waals surface area contributed by atoms with E-state index in [9.17, 15) is 4.79 Å². The molecule has 0 spiro atoms. The lowest BCUT2D eigenvalue weighted by molar-refractivity contribution is -0.104. The molecule has 1 saturated carbocycles. The third-order valence-corrected chi connectivity index (χ3v) is 0.900. The van der Waals surface area contributed by atoms with Crippen LogP contribution in [0.25, 0.3) is 0 Å². The van der Waals surface area contributed by atoms with Gasteiger partial charge in [0.25, 0.3) is 0 Å². The summed E-state index contributed by atoms with van der Waals surface area (Å²) in [5.41, 5.74) is 0. The molecular weight excluding hydrogens is 112 g/mol. The molecule has 0 aromatic rings. The fourth-order valence-corrected chi connectivity index (χ4v) is 0.516. The van der Waals surface area contributed by atoms with Crippen LogP contribution in [0.1, 0.15) is 36.5 Å². The van der Waals surface area contributed by atoms with E-state index >= 15 is 0 Å². The number of carbonyl (C=O) groups is 1. The smallest absolute Gasteiger partial charge is 0.142 e.